The first-order valence-electron chi connectivity index (χ1n) is 4.80. The number of aryl methyl sites for hydroxylation is 1. The lowest BCUT2D eigenvalue weighted by Gasteiger charge is -2.35. The molecule has 0 spiro atoms. The van der Waals surface area contributed by atoms with Crippen LogP contribution in [0.25, 0.3) is 0 Å². The van der Waals surface area contributed by atoms with Crippen LogP contribution in [0.1, 0.15) is 19.4 Å². The van der Waals surface area contributed by atoms with Crippen molar-refractivity contribution in [3.05, 3.63) is 22.3 Å². The molecule has 0 unspecified atom stereocenters. The number of aromatic nitrogens is 1. The highest BCUT2D eigenvalue weighted by Crippen LogP contribution is 2.26. The topological polar surface area (TPSA) is 16.1 Å². The molecule has 84 valence electrons. The zero-order valence-corrected chi connectivity index (χ0v) is 11.9. The molecular formula is C11H16BrClN2. The van der Waals surface area contributed by atoms with E-state index in [9.17, 15) is 0 Å². The van der Waals surface area contributed by atoms with E-state index < -0.39 is 0 Å². The van der Waals surface area contributed by atoms with Gasteiger partial charge < -0.3 is 4.90 Å². The van der Waals surface area contributed by atoms with Crippen LogP contribution in [0.4, 0.5) is 5.82 Å². The SMILES string of the molecule is Cc1cc(Br)cnc1N(C)C(C)(C)CCl. The summed E-state index contributed by atoms with van der Waals surface area (Å²) >= 11 is 9.35. The Kier molecular flexibility index (Phi) is 4.01. The maximum atomic E-state index is 5.94. The van der Waals surface area contributed by atoms with Crippen LogP contribution in [0.2, 0.25) is 0 Å². The Morgan fingerprint density at radius 1 is 1.53 bits per heavy atom. The van der Waals surface area contributed by atoms with Crippen molar-refractivity contribution in [3.63, 3.8) is 0 Å². The third-order valence-electron chi connectivity index (χ3n) is 2.57. The van der Waals surface area contributed by atoms with Crippen LogP contribution in [-0.2, 0) is 0 Å². The van der Waals surface area contributed by atoms with E-state index in [1.165, 1.54) is 0 Å². The number of hydrogen-bond donors (Lipinski definition) is 0. The van der Waals surface area contributed by atoms with Crippen LogP contribution in [-0.4, -0.2) is 23.5 Å². The molecule has 0 aromatic carbocycles. The second-order valence-corrected chi connectivity index (χ2v) is 5.48. The minimum absolute atomic E-state index is 0.0901. The van der Waals surface area contributed by atoms with Crippen molar-refractivity contribution in [2.24, 2.45) is 0 Å². The normalized spacial score (nSPS) is 11.6. The van der Waals surface area contributed by atoms with Crippen molar-refractivity contribution in [2.45, 2.75) is 26.3 Å². The molecule has 1 aromatic rings. The molecule has 1 heterocycles. The summed E-state index contributed by atoms with van der Waals surface area (Å²) in [5.74, 6) is 1.55. The predicted molar refractivity (Wildman–Crippen MR) is 69.9 cm³/mol. The summed E-state index contributed by atoms with van der Waals surface area (Å²) in [6, 6.07) is 2.06. The van der Waals surface area contributed by atoms with Gasteiger partial charge in [-0.1, -0.05) is 0 Å². The average Bonchev–Trinajstić information content (AvgIpc) is 2.17. The molecule has 4 heteroatoms. The van der Waals surface area contributed by atoms with Gasteiger partial charge in [0.1, 0.15) is 5.82 Å². The van der Waals surface area contributed by atoms with Crippen LogP contribution >= 0.6 is 27.5 Å². The van der Waals surface area contributed by atoms with Crippen LogP contribution in [0.3, 0.4) is 0 Å². The maximum Gasteiger partial charge on any atom is 0.131 e. The van der Waals surface area contributed by atoms with Gasteiger partial charge in [-0.15, -0.1) is 11.6 Å². The smallest absolute Gasteiger partial charge is 0.131 e. The van der Waals surface area contributed by atoms with Crippen LogP contribution in [0, 0.1) is 6.92 Å². The van der Waals surface area contributed by atoms with Gasteiger partial charge in [0.15, 0.2) is 0 Å². The fraction of sp³-hybridized carbons (Fsp3) is 0.545. The minimum atomic E-state index is -0.0901. The second-order valence-electron chi connectivity index (χ2n) is 4.30. The van der Waals surface area contributed by atoms with E-state index in [0.717, 1.165) is 15.9 Å². The molecule has 0 aliphatic rings. The first kappa shape index (κ1) is 12.8. The highest BCUT2D eigenvalue weighted by atomic mass is 79.9. The molecule has 0 radical (unpaired) electrons. The first-order chi connectivity index (χ1) is 6.88. The van der Waals surface area contributed by atoms with Gasteiger partial charge in [-0.05, 0) is 48.3 Å². The highest BCUT2D eigenvalue weighted by Gasteiger charge is 2.24. The molecule has 0 N–H and O–H groups in total. The van der Waals surface area contributed by atoms with Crippen molar-refractivity contribution >= 4 is 33.3 Å². The largest absolute Gasteiger partial charge is 0.353 e. The standard InChI is InChI=1S/C11H16BrClN2/c1-8-5-9(12)6-14-10(8)15(4)11(2,3)7-13/h5-6H,7H2,1-4H3. The predicted octanol–water partition coefficient (Wildman–Crippen LogP) is 3.61. The summed E-state index contributed by atoms with van der Waals surface area (Å²) in [6.07, 6.45) is 1.81. The molecule has 0 fully saturated rings. The Morgan fingerprint density at radius 2 is 2.13 bits per heavy atom. The number of alkyl halides is 1. The molecule has 0 bridgehead atoms. The molecular weight excluding hydrogens is 275 g/mol. The Morgan fingerprint density at radius 3 is 2.60 bits per heavy atom. The van der Waals surface area contributed by atoms with E-state index in [-0.39, 0.29) is 5.54 Å². The third kappa shape index (κ3) is 2.85. The molecule has 1 rings (SSSR count). The van der Waals surface area contributed by atoms with Crippen LogP contribution in [0.5, 0.6) is 0 Å². The van der Waals surface area contributed by atoms with E-state index in [4.69, 9.17) is 11.6 Å². The van der Waals surface area contributed by atoms with E-state index in [0.29, 0.717) is 5.88 Å². The van der Waals surface area contributed by atoms with Gasteiger partial charge >= 0.3 is 0 Å². The average molecular weight is 292 g/mol. The van der Waals surface area contributed by atoms with Gasteiger partial charge in [0.05, 0.1) is 0 Å². The molecule has 2 nitrogen and oxygen atoms in total. The highest BCUT2D eigenvalue weighted by molar-refractivity contribution is 9.10. The summed E-state index contributed by atoms with van der Waals surface area (Å²) in [6.45, 7) is 6.25. The molecule has 0 saturated carbocycles. The number of nitrogens with zero attached hydrogens (tertiary/aromatic N) is 2. The number of hydrogen-bond acceptors (Lipinski definition) is 2. The van der Waals surface area contributed by atoms with E-state index in [2.05, 4.69) is 45.7 Å². The van der Waals surface area contributed by atoms with Crippen molar-refractivity contribution in [2.75, 3.05) is 17.8 Å². The summed E-state index contributed by atoms with van der Waals surface area (Å²) in [5.41, 5.74) is 1.05. The second kappa shape index (κ2) is 4.71. The Balaban J connectivity index is 3.06. The fourth-order valence-electron chi connectivity index (χ4n) is 1.26. The van der Waals surface area contributed by atoms with Crippen LogP contribution < -0.4 is 4.90 Å². The molecule has 0 aliphatic carbocycles. The lowest BCUT2D eigenvalue weighted by molar-refractivity contribution is 0.539. The van der Waals surface area contributed by atoms with Gasteiger partial charge in [0, 0.05) is 29.1 Å². The lowest BCUT2D eigenvalue weighted by atomic mass is 10.1. The van der Waals surface area contributed by atoms with Gasteiger partial charge in [0.25, 0.3) is 0 Å². The van der Waals surface area contributed by atoms with Crippen molar-refractivity contribution < 1.29 is 0 Å². The zero-order valence-electron chi connectivity index (χ0n) is 9.51. The Bertz CT molecular complexity index is 352. The molecule has 0 saturated heterocycles. The van der Waals surface area contributed by atoms with Gasteiger partial charge in [-0.25, -0.2) is 4.98 Å². The molecule has 15 heavy (non-hydrogen) atoms. The quantitative estimate of drug-likeness (QED) is 0.791. The van der Waals surface area contributed by atoms with Crippen molar-refractivity contribution in [1.82, 2.24) is 4.98 Å². The molecule has 1 aromatic heterocycles. The fourth-order valence-corrected chi connectivity index (χ4v) is 1.89. The Hall–Kier alpha value is -0.280. The van der Waals surface area contributed by atoms with Crippen molar-refractivity contribution in [1.29, 1.82) is 0 Å². The minimum Gasteiger partial charge on any atom is -0.353 e. The molecule has 0 aliphatic heterocycles. The van der Waals surface area contributed by atoms with E-state index in [1.54, 1.807) is 0 Å². The van der Waals surface area contributed by atoms with Crippen LogP contribution in [0.15, 0.2) is 16.7 Å². The summed E-state index contributed by atoms with van der Waals surface area (Å²) in [4.78, 5) is 6.53. The molecule has 0 atom stereocenters. The molecule has 0 amide bonds. The Labute approximate surface area is 105 Å². The van der Waals surface area contributed by atoms with Gasteiger partial charge in [0.2, 0.25) is 0 Å². The van der Waals surface area contributed by atoms with Gasteiger partial charge in [-0.3, -0.25) is 0 Å². The number of rotatable bonds is 3. The maximum absolute atomic E-state index is 5.94. The number of halogens is 2. The third-order valence-corrected chi connectivity index (χ3v) is 3.66. The van der Waals surface area contributed by atoms with Crippen molar-refractivity contribution in [3.8, 4) is 0 Å². The first-order valence-corrected chi connectivity index (χ1v) is 6.13. The monoisotopic (exact) mass is 290 g/mol. The lowest BCUT2D eigenvalue weighted by Crippen LogP contribution is -2.43. The van der Waals surface area contributed by atoms with E-state index in [1.807, 2.05) is 20.2 Å². The summed E-state index contributed by atoms with van der Waals surface area (Å²) in [5, 5.41) is 0. The van der Waals surface area contributed by atoms with Gasteiger partial charge in [-0.2, -0.15) is 0 Å². The number of pyridine rings is 1. The summed E-state index contributed by atoms with van der Waals surface area (Å²) in [7, 11) is 2.02. The number of anilines is 1. The summed E-state index contributed by atoms with van der Waals surface area (Å²) < 4.78 is 1.00. The zero-order chi connectivity index (χ0) is 11.6. The van der Waals surface area contributed by atoms with E-state index >= 15 is 0 Å².